The van der Waals surface area contributed by atoms with Gasteiger partial charge in [0.15, 0.2) is 0 Å². The zero-order chi connectivity index (χ0) is 27.4. The zero-order valence-corrected chi connectivity index (χ0v) is 26.1. The normalized spacial score (nSPS) is 13.4. The predicted molar refractivity (Wildman–Crippen MR) is 170 cm³/mol. The fraction of sp³-hybridized carbons (Fsp3) is 0.824. The van der Waals surface area contributed by atoms with Gasteiger partial charge in [-0.25, -0.2) is 0 Å². The predicted octanol–water partition coefficient (Wildman–Crippen LogP) is 10.4. The number of carbonyl (C=O) groups is 1. The summed E-state index contributed by atoms with van der Waals surface area (Å²) in [6.45, 7) is 16.4. The van der Waals surface area contributed by atoms with Gasteiger partial charge < -0.3 is 0 Å². The SMILES string of the molecule is CCCCCCC(C)(BC(=O)Cc1cccbc1CC(C)(CCCC)CCCCCC)CCCCCC. The average molecular weight is 508 g/mol. The van der Waals surface area contributed by atoms with E-state index in [4.69, 9.17) is 0 Å². The van der Waals surface area contributed by atoms with Crippen molar-refractivity contribution in [2.45, 2.75) is 175 Å². The summed E-state index contributed by atoms with van der Waals surface area (Å²) in [5, 5.41) is 0.169. The minimum atomic E-state index is 0.169. The van der Waals surface area contributed by atoms with E-state index in [1.165, 1.54) is 127 Å². The fourth-order valence-corrected chi connectivity index (χ4v) is 6.26. The summed E-state index contributed by atoms with van der Waals surface area (Å²) in [4.78, 5) is 13.5. The second-order valence-electron chi connectivity index (χ2n) is 13.0. The second-order valence-corrected chi connectivity index (χ2v) is 13.0. The second kappa shape index (κ2) is 20.1. The molecule has 1 unspecified atom stereocenters. The first-order valence-corrected chi connectivity index (χ1v) is 16.4. The van der Waals surface area contributed by atoms with Gasteiger partial charge in [0.25, 0.3) is 0 Å². The molecule has 0 radical (unpaired) electrons. The van der Waals surface area contributed by atoms with Crippen LogP contribution < -0.4 is 0 Å². The van der Waals surface area contributed by atoms with Crippen LogP contribution in [0.5, 0.6) is 0 Å². The Bertz CT molecular complexity index is 704. The molecular weight excluding hydrogens is 446 g/mol. The topological polar surface area (TPSA) is 17.1 Å². The van der Waals surface area contributed by atoms with Gasteiger partial charge in [0, 0.05) is 0 Å². The van der Waals surface area contributed by atoms with E-state index in [2.05, 4.69) is 66.5 Å². The monoisotopic (exact) mass is 508 g/mol. The van der Waals surface area contributed by atoms with Crippen LogP contribution in [0, 0.1) is 5.41 Å². The van der Waals surface area contributed by atoms with Crippen LogP contribution in [-0.4, -0.2) is 19.9 Å². The molecule has 1 heterocycles. The number of unbranched alkanes of at least 4 members (excludes halogenated alkanes) is 10. The molecule has 0 aliphatic heterocycles. The van der Waals surface area contributed by atoms with Gasteiger partial charge in [-0.3, -0.25) is 0 Å². The van der Waals surface area contributed by atoms with Gasteiger partial charge in [0.05, 0.1) is 0 Å². The van der Waals surface area contributed by atoms with Crippen LogP contribution in [0.25, 0.3) is 0 Å². The molecule has 0 aliphatic carbocycles. The molecule has 0 N–H and O–H groups in total. The molecule has 1 nitrogen and oxygen atoms in total. The van der Waals surface area contributed by atoms with Crippen molar-refractivity contribution in [1.82, 2.24) is 0 Å². The summed E-state index contributed by atoms with van der Waals surface area (Å²) in [6.07, 6.45) is 25.0. The van der Waals surface area contributed by atoms with Gasteiger partial charge in [0.1, 0.15) is 0 Å². The average Bonchev–Trinajstić information content (AvgIpc) is 2.87. The minimum absolute atomic E-state index is 0.169. The molecule has 3 heteroatoms. The van der Waals surface area contributed by atoms with Crippen LogP contribution in [0.2, 0.25) is 5.31 Å². The molecule has 1 atom stereocenters. The van der Waals surface area contributed by atoms with Crippen LogP contribution in [0.3, 0.4) is 0 Å². The van der Waals surface area contributed by atoms with Crippen molar-refractivity contribution in [3.63, 3.8) is 0 Å². The van der Waals surface area contributed by atoms with E-state index < -0.39 is 0 Å². The van der Waals surface area contributed by atoms with Gasteiger partial charge in [-0.05, 0) is 0 Å². The standard InChI is InChI=1S/C34H62B2O/c1-7-11-15-18-24-33(5,23-14-10-4)29-31-30(22-21-27-35-31)28-32(37)36-34(6,25-19-16-12-8-2)26-20-17-13-9-3/h21-22,27,36H,7-20,23-26,28-29H2,1-6H3. The molecule has 1 aromatic heterocycles. The number of rotatable bonds is 24. The molecule has 0 aromatic carbocycles. The Labute approximate surface area is 234 Å². The first-order valence-electron chi connectivity index (χ1n) is 16.4. The molecule has 1 aromatic rings. The molecule has 0 bridgehead atoms. The van der Waals surface area contributed by atoms with Crippen LogP contribution in [0.4, 0.5) is 0 Å². The Balaban J connectivity index is 2.90. The Hall–Kier alpha value is -0.850. The van der Waals surface area contributed by atoms with E-state index in [0.29, 0.717) is 17.5 Å². The van der Waals surface area contributed by atoms with E-state index in [1.54, 1.807) is 0 Å². The van der Waals surface area contributed by atoms with Crippen molar-refractivity contribution < 1.29 is 4.79 Å². The molecule has 0 amide bonds. The van der Waals surface area contributed by atoms with E-state index in [9.17, 15) is 4.79 Å². The maximum absolute atomic E-state index is 13.5. The molecule has 0 spiro atoms. The van der Waals surface area contributed by atoms with Crippen molar-refractivity contribution in [3.8, 4) is 0 Å². The third-order valence-corrected chi connectivity index (χ3v) is 8.78. The van der Waals surface area contributed by atoms with Crippen molar-refractivity contribution in [2.75, 3.05) is 0 Å². The molecule has 0 fully saturated rings. The quantitative estimate of drug-likeness (QED) is 0.100. The summed E-state index contributed by atoms with van der Waals surface area (Å²) in [5.41, 5.74) is 3.52. The summed E-state index contributed by atoms with van der Waals surface area (Å²) in [5.74, 6) is 2.19. The summed E-state index contributed by atoms with van der Waals surface area (Å²) >= 11 is 0. The van der Waals surface area contributed by atoms with E-state index in [1.807, 2.05) is 0 Å². The van der Waals surface area contributed by atoms with E-state index in [-0.39, 0.29) is 5.31 Å². The van der Waals surface area contributed by atoms with Crippen LogP contribution >= 0.6 is 0 Å². The first-order chi connectivity index (χ1) is 17.8. The van der Waals surface area contributed by atoms with Crippen molar-refractivity contribution >= 4 is 19.9 Å². The Morgan fingerprint density at radius 1 is 0.730 bits per heavy atom. The zero-order valence-electron chi connectivity index (χ0n) is 26.1. The van der Waals surface area contributed by atoms with Crippen LogP contribution in [-0.2, 0) is 17.6 Å². The Morgan fingerprint density at radius 3 is 1.78 bits per heavy atom. The molecule has 0 saturated heterocycles. The van der Waals surface area contributed by atoms with Gasteiger partial charge in [0.2, 0.25) is 0 Å². The van der Waals surface area contributed by atoms with Crippen LogP contribution in [0.15, 0.2) is 18.1 Å². The van der Waals surface area contributed by atoms with Gasteiger partial charge in [-0.2, -0.15) is 0 Å². The Morgan fingerprint density at radius 2 is 1.24 bits per heavy atom. The Kier molecular flexibility index (Phi) is 18.6. The molecule has 37 heavy (non-hydrogen) atoms. The van der Waals surface area contributed by atoms with Gasteiger partial charge in [-0.1, -0.05) is 0 Å². The fourth-order valence-electron chi connectivity index (χ4n) is 6.26. The van der Waals surface area contributed by atoms with Crippen molar-refractivity contribution in [3.05, 3.63) is 29.1 Å². The third-order valence-electron chi connectivity index (χ3n) is 8.78. The molecule has 0 aliphatic rings. The maximum atomic E-state index is 13.5. The van der Waals surface area contributed by atoms with Crippen molar-refractivity contribution in [1.29, 1.82) is 0 Å². The summed E-state index contributed by atoms with van der Waals surface area (Å²) < 4.78 is 0. The number of hydrogen-bond acceptors (Lipinski definition) is 1. The van der Waals surface area contributed by atoms with E-state index >= 15 is 0 Å². The molecule has 210 valence electrons. The number of hydrogen-bond donors (Lipinski definition) is 0. The molecular formula is C34H62B2O. The molecule has 1 rings (SSSR count). The van der Waals surface area contributed by atoms with Gasteiger partial charge >= 0.3 is 234 Å². The van der Waals surface area contributed by atoms with Crippen LogP contribution in [0.1, 0.15) is 168 Å². The third kappa shape index (κ3) is 15.4. The van der Waals surface area contributed by atoms with Crippen molar-refractivity contribution in [2.24, 2.45) is 5.41 Å². The summed E-state index contributed by atoms with van der Waals surface area (Å²) in [6, 6.07) is 4.38. The van der Waals surface area contributed by atoms with E-state index in [0.717, 1.165) is 13.7 Å². The summed E-state index contributed by atoms with van der Waals surface area (Å²) in [7, 11) is 0.754. The first kappa shape index (κ1) is 34.2. The molecule has 0 saturated carbocycles. The number of carbonyl (C=O) groups excluding carboxylic acids is 1. The van der Waals surface area contributed by atoms with Gasteiger partial charge in [-0.15, -0.1) is 0 Å².